The highest BCUT2D eigenvalue weighted by Crippen LogP contribution is 2.33. The third-order valence-electron chi connectivity index (χ3n) is 5.58. The molecule has 2 saturated heterocycles. The monoisotopic (exact) mass is 334 g/mol. The first kappa shape index (κ1) is 14.8. The van der Waals surface area contributed by atoms with Gasteiger partial charge in [0.15, 0.2) is 5.65 Å². The Morgan fingerprint density at radius 1 is 0.960 bits per heavy atom. The van der Waals surface area contributed by atoms with Crippen molar-refractivity contribution >= 4 is 11.5 Å². The van der Waals surface area contributed by atoms with Crippen LogP contribution in [0.15, 0.2) is 36.7 Å². The average molecular weight is 334 g/mol. The van der Waals surface area contributed by atoms with Gasteiger partial charge in [-0.05, 0) is 50.1 Å². The molecule has 2 unspecified atom stereocenters. The van der Waals surface area contributed by atoms with E-state index in [1.54, 1.807) is 0 Å². The van der Waals surface area contributed by atoms with Gasteiger partial charge in [-0.25, -0.2) is 9.50 Å². The minimum atomic E-state index is 0.770. The first-order chi connectivity index (χ1) is 12.2. The van der Waals surface area contributed by atoms with E-state index < -0.39 is 0 Å². The maximum absolute atomic E-state index is 4.95. The van der Waals surface area contributed by atoms with Crippen molar-refractivity contribution in [3.05, 3.63) is 42.4 Å². The Labute approximate surface area is 147 Å². The van der Waals surface area contributed by atoms with Gasteiger partial charge in [-0.3, -0.25) is 4.98 Å². The molecule has 128 valence electrons. The van der Waals surface area contributed by atoms with Crippen LogP contribution in [0.1, 0.15) is 5.69 Å². The van der Waals surface area contributed by atoms with Gasteiger partial charge in [0, 0.05) is 44.1 Å². The lowest BCUT2D eigenvalue weighted by Crippen LogP contribution is -2.27. The molecule has 6 nitrogen and oxygen atoms in total. The zero-order chi connectivity index (χ0) is 17.0. The van der Waals surface area contributed by atoms with Crippen LogP contribution in [0.3, 0.4) is 0 Å². The van der Waals surface area contributed by atoms with Gasteiger partial charge in [0.2, 0.25) is 0 Å². The van der Waals surface area contributed by atoms with E-state index in [1.807, 2.05) is 36.0 Å². The molecule has 0 amide bonds. The first-order valence-corrected chi connectivity index (χ1v) is 8.89. The van der Waals surface area contributed by atoms with Crippen LogP contribution in [-0.4, -0.2) is 57.7 Å². The average Bonchev–Trinajstić information content (AvgIpc) is 3.24. The van der Waals surface area contributed by atoms with Crippen LogP contribution in [0.4, 0.5) is 5.82 Å². The van der Waals surface area contributed by atoms with Gasteiger partial charge in [-0.15, -0.1) is 5.10 Å². The second-order valence-electron chi connectivity index (χ2n) is 7.39. The van der Waals surface area contributed by atoms with Crippen LogP contribution in [0.25, 0.3) is 16.9 Å². The highest BCUT2D eigenvalue weighted by Gasteiger charge is 2.39. The molecule has 0 spiro atoms. The third kappa shape index (κ3) is 2.40. The van der Waals surface area contributed by atoms with E-state index in [0.717, 1.165) is 53.3 Å². The number of pyridine rings is 1. The Hall–Kier alpha value is -2.47. The SMILES string of the molecule is Cc1nc2ccc(N3CC4CN(C)CC4C3)nn2c1-c1ccncc1. The van der Waals surface area contributed by atoms with Gasteiger partial charge in [0.05, 0.1) is 11.4 Å². The molecule has 0 radical (unpaired) electrons. The van der Waals surface area contributed by atoms with Crippen LogP contribution in [0.2, 0.25) is 0 Å². The Morgan fingerprint density at radius 2 is 1.68 bits per heavy atom. The molecule has 2 atom stereocenters. The van der Waals surface area contributed by atoms with Crippen molar-refractivity contribution in [2.45, 2.75) is 6.92 Å². The number of aryl methyl sites for hydroxylation is 1. The van der Waals surface area contributed by atoms with Crippen LogP contribution in [-0.2, 0) is 0 Å². The van der Waals surface area contributed by atoms with Crippen LogP contribution >= 0.6 is 0 Å². The van der Waals surface area contributed by atoms with Gasteiger partial charge >= 0.3 is 0 Å². The van der Waals surface area contributed by atoms with E-state index in [1.165, 1.54) is 13.1 Å². The predicted octanol–water partition coefficient (Wildman–Crippen LogP) is 2.10. The minimum absolute atomic E-state index is 0.770. The summed E-state index contributed by atoms with van der Waals surface area (Å²) in [6, 6.07) is 8.23. The number of nitrogens with zero attached hydrogens (tertiary/aromatic N) is 6. The van der Waals surface area contributed by atoms with Crippen LogP contribution < -0.4 is 4.90 Å². The van der Waals surface area contributed by atoms with Gasteiger partial charge in [0.25, 0.3) is 0 Å². The number of rotatable bonds is 2. The summed E-state index contributed by atoms with van der Waals surface area (Å²) in [5, 5.41) is 4.95. The Morgan fingerprint density at radius 3 is 2.40 bits per heavy atom. The summed E-state index contributed by atoms with van der Waals surface area (Å²) in [6.07, 6.45) is 3.63. The fraction of sp³-hybridized carbons (Fsp3) is 0.421. The molecule has 2 aliphatic rings. The fourth-order valence-electron chi connectivity index (χ4n) is 4.46. The lowest BCUT2D eigenvalue weighted by Gasteiger charge is -2.20. The summed E-state index contributed by atoms with van der Waals surface area (Å²) in [6.45, 7) is 6.66. The Kier molecular flexibility index (Phi) is 3.28. The number of imidazole rings is 1. The quantitative estimate of drug-likeness (QED) is 0.718. The van der Waals surface area contributed by atoms with Crippen LogP contribution in [0, 0.1) is 18.8 Å². The highest BCUT2D eigenvalue weighted by molar-refractivity contribution is 5.66. The molecule has 0 aromatic carbocycles. The van der Waals surface area contributed by atoms with Crippen molar-refractivity contribution in [2.75, 3.05) is 38.1 Å². The molecule has 0 saturated carbocycles. The molecule has 3 aromatic rings. The second kappa shape index (κ2) is 5.52. The van der Waals surface area contributed by atoms with Crippen molar-refractivity contribution in [1.82, 2.24) is 24.5 Å². The molecule has 5 heterocycles. The summed E-state index contributed by atoms with van der Waals surface area (Å²) < 4.78 is 1.99. The summed E-state index contributed by atoms with van der Waals surface area (Å²) >= 11 is 0. The van der Waals surface area contributed by atoms with Gasteiger partial charge < -0.3 is 9.80 Å². The van der Waals surface area contributed by atoms with E-state index in [2.05, 4.69) is 38.9 Å². The molecule has 0 N–H and O–H groups in total. The lowest BCUT2D eigenvalue weighted by molar-refractivity contribution is 0.386. The van der Waals surface area contributed by atoms with Gasteiger partial charge in [0.1, 0.15) is 5.82 Å². The van der Waals surface area contributed by atoms with Gasteiger partial charge in [-0.2, -0.15) is 0 Å². The van der Waals surface area contributed by atoms with E-state index >= 15 is 0 Å². The molecular weight excluding hydrogens is 312 g/mol. The minimum Gasteiger partial charge on any atom is -0.355 e. The fourth-order valence-corrected chi connectivity index (χ4v) is 4.46. The number of hydrogen-bond donors (Lipinski definition) is 0. The van der Waals surface area contributed by atoms with Crippen molar-refractivity contribution in [2.24, 2.45) is 11.8 Å². The zero-order valence-corrected chi connectivity index (χ0v) is 14.6. The zero-order valence-electron chi connectivity index (χ0n) is 14.6. The van der Waals surface area contributed by atoms with Gasteiger partial charge in [-0.1, -0.05) is 0 Å². The molecule has 2 aliphatic heterocycles. The molecule has 5 rings (SSSR count). The standard InChI is InChI=1S/C19H22N6/c1-13-19(14-5-7-20-8-6-14)25-17(21-13)3-4-18(22-25)24-11-15-9-23(2)10-16(15)12-24/h3-8,15-16H,9-12H2,1-2H3. The molecule has 25 heavy (non-hydrogen) atoms. The Bertz CT molecular complexity index is 904. The second-order valence-corrected chi connectivity index (χ2v) is 7.39. The summed E-state index contributed by atoms with van der Waals surface area (Å²) in [7, 11) is 2.22. The maximum atomic E-state index is 4.95. The molecule has 0 bridgehead atoms. The summed E-state index contributed by atoms with van der Waals surface area (Å²) in [4.78, 5) is 13.7. The number of likely N-dealkylation sites (tertiary alicyclic amines) is 1. The number of fused-ring (bicyclic) bond motifs is 2. The van der Waals surface area contributed by atoms with E-state index in [-0.39, 0.29) is 0 Å². The van der Waals surface area contributed by atoms with Crippen molar-refractivity contribution in [3.8, 4) is 11.3 Å². The molecule has 2 fully saturated rings. The maximum Gasteiger partial charge on any atom is 0.154 e. The third-order valence-corrected chi connectivity index (χ3v) is 5.58. The van der Waals surface area contributed by atoms with Crippen molar-refractivity contribution in [3.63, 3.8) is 0 Å². The van der Waals surface area contributed by atoms with Crippen LogP contribution in [0.5, 0.6) is 0 Å². The summed E-state index contributed by atoms with van der Waals surface area (Å²) in [5.74, 6) is 2.59. The number of hydrogen-bond acceptors (Lipinski definition) is 5. The van der Waals surface area contributed by atoms with E-state index in [9.17, 15) is 0 Å². The summed E-state index contributed by atoms with van der Waals surface area (Å²) in [5.41, 5.74) is 4.05. The Balaban J connectivity index is 1.54. The largest absolute Gasteiger partial charge is 0.355 e. The van der Waals surface area contributed by atoms with E-state index in [0.29, 0.717) is 0 Å². The first-order valence-electron chi connectivity index (χ1n) is 8.89. The lowest BCUT2D eigenvalue weighted by atomic mass is 10.0. The molecule has 3 aromatic heterocycles. The highest BCUT2D eigenvalue weighted by atomic mass is 15.3. The topological polar surface area (TPSA) is 49.6 Å². The normalized spacial score (nSPS) is 23.5. The number of anilines is 1. The molecular formula is C19H22N6. The van der Waals surface area contributed by atoms with Crippen molar-refractivity contribution < 1.29 is 0 Å². The predicted molar refractivity (Wildman–Crippen MR) is 97.6 cm³/mol. The molecule has 6 heteroatoms. The smallest absolute Gasteiger partial charge is 0.154 e. The molecule has 0 aliphatic carbocycles. The number of aromatic nitrogens is 4. The van der Waals surface area contributed by atoms with Crippen molar-refractivity contribution in [1.29, 1.82) is 0 Å². The van der Waals surface area contributed by atoms with E-state index in [4.69, 9.17) is 5.10 Å².